The first-order valence-electron chi connectivity index (χ1n) is 7.54. The first kappa shape index (κ1) is 20.5. The Labute approximate surface area is 153 Å². The van der Waals surface area contributed by atoms with Crippen LogP contribution < -0.4 is 5.32 Å². The third kappa shape index (κ3) is 5.19. The minimum absolute atomic E-state index is 0. The molecule has 5 nitrogen and oxygen atoms in total. The Kier molecular flexibility index (Phi) is 8.04. The number of nitrogens with zero attached hydrogens (tertiary/aromatic N) is 2. The molecular formula is C15H22Cl3N3O2. The zero-order chi connectivity index (χ0) is 14.8. The van der Waals surface area contributed by atoms with Gasteiger partial charge in [-0.3, -0.25) is 15.0 Å². The molecular weight excluding hydrogens is 361 g/mol. The average Bonchev–Trinajstić information content (AvgIpc) is 3.29. The number of nitrogens with one attached hydrogen (secondary N) is 1. The van der Waals surface area contributed by atoms with Crippen molar-refractivity contribution >= 4 is 42.1 Å². The predicted molar refractivity (Wildman–Crippen MR) is 97.1 cm³/mol. The van der Waals surface area contributed by atoms with E-state index < -0.39 is 0 Å². The van der Waals surface area contributed by atoms with Crippen molar-refractivity contribution in [3.8, 4) is 0 Å². The van der Waals surface area contributed by atoms with E-state index in [0.29, 0.717) is 10.9 Å². The molecule has 0 amide bonds. The van der Waals surface area contributed by atoms with E-state index in [1.54, 1.807) is 18.2 Å². The van der Waals surface area contributed by atoms with E-state index in [9.17, 15) is 10.1 Å². The van der Waals surface area contributed by atoms with Crippen LogP contribution in [0.5, 0.6) is 0 Å². The lowest BCUT2D eigenvalue weighted by Crippen LogP contribution is -2.45. The van der Waals surface area contributed by atoms with Crippen molar-refractivity contribution in [2.75, 3.05) is 26.2 Å². The van der Waals surface area contributed by atoms with Crippen molar-refractivity contribution in [2.24, 2.45) is 5.92 Å². The predicted octanol–water partition coefficient (Wildman–Crippen LogP) is 3.84. The second-order valence-corrected chi connectivity index (χ2v) is 6.38. The molecule has 0 radical (unpaired) electrons. The summed E-state index contributed by atoms with van der Waals surface area (Å²) in [5.41, 5.74) is 0.977. The number of hydrogen-bond acceptors (Lipinski definition) is 4. The van der Waals surface area contributed by atoms with Gasteiger partial charge in [-0.05, 0) is 24.5 Å². The topological polar surface area (TPSA) is 58.4 Å². The first-order valence-corrected chi connectivity index (χ1v) is 7.91. The van der Waals surface area contributed by atoms with Gasteiger partial charge in [0, 0.05) is 48.9 Å². The molecule has 2 aliphatic rings. The summed E-state index contributed by atoms with van der Waals surface area (Å²) in [5.74, 6) is 0.712. The van der Waals surface area contributed by atoms with Gasteiger partial charge in [0.15, 0.2) is 0 Å². The van der Waals surface area contributed by atoms with Crippen LogP contribution in [-0.4, -0.2) is 36.0 Å². The molecule has 0 spiro atoms. The molecule has 1 aromatic carbocycles. The van der Waals surface area contributed by atoms with Crippen molar-refractivity contribution < 1.29 is 4.92 Å². The summed E-state index contributed by atoms with van der Waals surface area (Å²) in [7, 11) is 0. The van der Waals surface area contributed by atoms with E-state index in [1.807, 2.05) is 0 Å². The summed E-state index contributed by atoms with van der Waals surface area (Å²) >= 11 is 6.10. The Balaban J connectivity index is 0.00000132. The molecule has 1 N–H and O–H groups in total. The molecule has 1 aromatic rings. The van der Waals surface area contributed by atoms with Gasteiger partial charge in [-0.2, -0.15) is 0 Å². The third-order valence-electron chi connectivity index (χ3n) is 4.39. The van der Waals surface area contributed by atoms with Crippen LogP contribution in [0.25, 0.3) is 0 Å². The molecule has 23 heavy (non-hydrogen) atoms. The van der Waals surface area contributed by atoms with Crippen molar-refractivity contribution in [1.29, 1.82) is 0 Å². The third-order valence-corrected chi connectivity index (χ3v) is 4.63. The van der Waals surface area contributed by atoms with Gasteiger partial charge in [0.25, 0.3) is 5.69 Å². The van der Waals surface area contributed by atoms with Crippen LogP contribution in [0.3, 0.4) is 0 Å². The minimum atomic E-state index is -0.284. The number of rotatable bonds is 5. The first-order chi connectivity index (χ1) is 10.1. The van der Waals surface area contributed by atoms with Crippen molar-refractivity contribution in [3.63, 3.8) is 0 Å². The summed E-state index contributed by atoms with van der Waals surface area (Å²) in [5, 5.41) is 15.3. The lowest BCUT2D eigenvalue weighted by Gasteiger charge is -2.35. The standard InChI is InChI=1S/C15H20ClN3O2.2ClH/c16-12-3-4-14(19(20)21)13(10-12)15(9-11-1-2-11)18-7-5-17-6-8-18;;/h3-4,10-11,15,17H,1-2,5-9H2;2*1H/t15-;;/m1../s1. The van der Waals surface area contributed by atoms with Crippen LogP contribution in [0.1, 0.15) is 30.9 Å². The quantitative estimate of drug-likeness (QED) is 0.621. The maximum absolute atomic E-state index is 11.4. The zero-order valence-electron chi connectivity index (χ0n) is 12.7. The fraction of sp³-hybridized carbons (Fsp3) is 0.600. The Morgan fingerprint density at radius 3 is 2.52 bits per heavy atom. The molecule has 1 aliphatic heterocycles. The fourth-order valence-corrected chi connectivity index (χ4v) is 3.27. The Morgan fingerprint density at radius 2 is 1.96 bits per heavy atom. The number of nitro groups is 1. The monoisotopic (exact) mass is 381 g/mol. The molecule has 8 heteroatoms. The summed E-state index contributed by atoms with van der Waals surface area (Å²) in [6.45, 7) is 3.74. The van der Waals surface area contributed by atoms with Crippen LogP contribution in [0, 0.1) is 16.0 Å². The highest BCUT2D eigenvalue weighted by Gasteiger charge is 2.33. The molecule has 3 rings (SSSR count). The number of halogens is 3. The summed E-state index contributed by atoms with van der Waals surface area (Å²) in [6, 6.07) is 5.04. The average molecular weight is 383 g/mol. The summed E-state index contributed by atoms with van der Waals surface area (Å²) in [6.07, 6.45) is 3.50. The molecule has 2 fully saturated rings. The molecule has 1 heterocycles. The van der Waals surface area contributed by atoms with Gasteiger partial charge in [-0.15, -0.1) is 24.8 Å². The van der Waals surface area contributed by atoms with Gasteiger partial charge in [0.1, 0.15) is 0 Å². The molecule has 0 bridgehead atoms. The highest BCUT2D eigenvalue weighted by molar-refractivity contribution is 6.30. The Bertz CT molecular complexity index is 535. The van der Waals surface area contributed by atoms with Gasteiger partial charge in [0.05, 0.1) is 4.92 Å². The number of hydrogen-bond donors (Lipinski definition) is 1. The lowest BCUT2D eigenvalue weighted by atomic mass is 9.97. The Morgan fingerprint density at radius 1 is 1.30 bits per heavy atom. The van der Waals surface area contributed by atoms with E-state index in [0.717, 1.165) is 38.2 Å². The normalized spacial score (nSPS) is 19.3. The van der Waals surface area contributed by atoms with Crippen LogP contribution in [0.2, 0.25) is 5.02 Å². The van der Waals surface area contributed by atoms with Gasteiger partial charge >= 0.3 is 0 Å². The molecule has 0 unspecified atom stereocenters. The molecule has 1 saturated carbocycles. The van der Waals surface area contributed by atoms with E-state index in [2.05, 4.69) is 10.2 Å². The maximum Gasteiger partial charge on any atom is 0.274 e. The molecule has 1 atom stereocenters. The van der Waals surface area contributed by atoms with Gasteiger partial charge in [-0.1, -0.05) is 24.4 Å². The molecule has 0 aromatic heterocycles. The SMILES string of the molecule is Cl.Cl.O=[N+]([O-])c1ccc(Cl)cc1[C@@H](CC1CC1)N1CCNCC1. The second-order valence-electron chi connectivity index (χ2n) is 5.94. The number of nitro benzene ring substituents is 1. The molecule has 1 aliphatic carbocycles. The van der Waals surface area contributed by atoms with E-state index in [1.165, 1.54) is 12.8 Å². The summed E-state index contributed by atoms with van der Waals surface area (Å²) in [4.78, 5) is 13.4. The molecule has 130 valence electrons. The maximum atomic E-state index is 11.4. The highest BCUT2D eigenvalue weighted by atomic mass is 35.5. The van der Waals surface area contributed by atoms with Gasteiger partial charge < -0.3 is 5.32 Å². The van der Waals surface area contributed by atoms with Crippen molar-refractivity contribution in [3.05, 3.63) is 38.9 Å². The lowest BCUT2D eigenvalue weighted by molar-refractivity contribution is -0.386. The van der Waals surface area contributed by atoms with E-state index >= 15 is 0 Å². The van der Waals surface area contributed by atoms with Crippen LogP contribution in [0.4, 0.5) is 5.69 Å². The van der Waals surface area contributed by atoms with Crippen molar-refractivity contribution in [2.45, 2.75) is 25.3 Å². The minimum Gasteiger partial charge on any atom is -0.314 e. The van der Waals surface area contributed by atoms with E-state index in [-0.39, 0.29) is 41.5 Å². The smallest absolute Gasteiger partial charge is 0.274 e. The van der Waals surface area contributed by atoms with Crippen LogP contribution >= 0.6 is 36.4 Å². The van der Waals surface area contributed by atoms with Crippen LogP contribution in [0.15, 0.2) is 18.2 Å². The zero-order valence-corrected chi connectivity index (χ0v) is 15.1. The summed E-state index contributed by atoms with van der Waals surface area (Å²) < 4.78 is 0. The van der Waals surface area contributed by atoms with Gasteiger partial charge in [-0.25, -0.2) is 0 Å². The molecule has 1 saturated heterocycles. The van der Waals surface area contributed by atoms with E-state index in [4.69, 9.17) is 11.6 Å². The second kappa shape index (κ2) is 9.04. The Hall–Kier alpha value is -0.590. The number of benzene rings is 1. The van der Waals surface area contributed by atoms with Crippen LogP contribution in [-0.2, 0) is 0 Å². The van der Waals surface area contributed by atoms with Gasteiger partial charge in [0.2, 0.25) is 0 Å². The number of piperazine rings is 1. The highest BCUT2D eigenvalue weighted by Crippen LogP contribution is 2.42. The van der Waals surface area contributed by atoms with Crippen molar-refractivity contribution in [1.82, 2.24) is 10.2 Å². The fourth-order valence-electron chi connectivity index (χ4n) is 3.09. The largest absolute Gasteiger partial charge is 0.314 e.